The minimum atomic E-state index is -4.50. The topological polar surface area (TPSA) is 56.2 Å². The molecule has 0 saturated carbocycles. The first kappa shape index (κ1) is 17.1. The van der Waals surface area contributed by atoms with Crippen LogP contribution in [0.4, 0.5) is 18.9 Å². The third-order valence-corrected chi connectivity index (χ3v) is 4.25. The number of fused-ring (bicyclic) bond motifs is 1. The number of para-hydroxylation sites is 1. The lowest BCUT2D eigenvalue weighted by atomic mass is 10.1. The van der Waals surface area contributed by atoms with Gasteiger partial charge in [-0.05, 0) is 42.0 Å². The van der Waals surface area contributed by atoms with E-state index in [1.165, 1.54) is 24.3 Å². The van der Waals surface area contributed by atoms with E-state index < -0.39 is 18.0 Å². The van der Waals surface area contributed by atoms with Crippen LogP contribution < -0.4 is 10.1 Å². The average Bonchev–Trinajstić information content (AvgIpc) is 3.29. The van der Waals surface area contributed by atoms with Crippen molar-refractivity contribution in [2.75, 3.05) is 5.32 Å². The van der Waals surface area contributed by atoms with Gasteiger partial charge >= 0.3 is 6.18 Å². The van der Waals surface area contributed by atoms with Gasteiger partial charge < -0.3 is 10.1 Å². The number of carbonyl (C=O) groups excluding carboxylic acids is 1. The van der Waals surface area contributed by atoms with E-state index in [4.69, 9.17) is 4.74 Å². The predicted octanol–water partition coefficient (Wildman–Crippen LogP) is 3.83. The number of benzene rings is 2. The summed E-state index contributed by atoms with van der Waals surface area (Å²) in [6, 6.07) is 14.3. The molecule has 0 aliphatic carbocycles. The normalized spacial score (nSPS) is 15.9. The van der Waals surface area contributed by atoms with E-state index in [-0.39, 0.29) is 11.6 Å². The molecule has 27 heavy (non-hydrogen) atoms. The molecule has 0 fully saturated rings. The Kier molecular flexibility index (Phi) is 4.10. The van der Waals surface area contributed by atoms with Crippen molar-refractivity contribution in [3.8, 4) is 11.4 Å². The molecule has 1 unspecified atom stereocenters. The van der Waals surface area contributed by atoms with Crippen molar-refractivity contribution < 1.29 is 22.7 Å². The number of alkyl halides is 3. The molecular formula is C19H14F3N3O2. The van der Waals surface area contributed by atoms with E-state index in [0.29, 0.717) is 17.9 Å². The van der Waals surface area contributed by atoms with Crippen LogP contribution >= 0.6 is 0 Å². The fraction of sp³-hybridized carbons (Fsp3) is 0.158. The fourth-order valence-corrected chi connectivity index (χ4v) is 2.96. The number of carbonyl (C=O) groups is 1. The van der Waals surface area contributed by atoms with E-state index in [0.717, 1.165) is 22.5 Å². The third kappa shape index (κ3) is 3.38. The summed E-state index contributed by atoms with van der Waals surface area (Å²) in [5, 5.41) is 6.44. The van der Waals surface area contributed by atoms with Crippen molar-refractivity contribution in [3.05, 3.63) is 72.1 Å². The van der Waals surface area contributed by atoms with Gasteiger partial charge in [0.15, 0.2) is 6.10 Å². The Balaban J connectivity index is 1.46. The highest BCUT2D eigenvalue weighted by Gasteiger charge is 2.35. The predicted molar refractivity (Wildman–Crippen MR) is 91.8 cm³/mol. The number of hydrogen-bond donors (Lipinski definition) is 1. The van der Waals surface area contributed by atoms with Gasteiger partial charge in [0.25, 0.3) is 5.91 Å². The first-order valence-electron chi connectivity index (χ1n) is 8.19. The summed E-state index contributed by atoms with van der Waals surface area (Å²) in [4.78, 5) is 12.4. The number of amides is 1. The zero-order chi connectivity index (χ0) is 19.0. The lowest BCUT2D eigenvalue weighted by Gasteiger charge is -2.13. The number of rotatable bonds is 3. The summed E-state index contributed by atoms with van der Waals surface area (Å²) in [6.45, 7) is 0. The Morgan fingerprint density at radius 2 is 1.85 bits per heavy atom. The van der Waals surface area contributed by atoms with Gasteiger partial charge in [0, 0.05) is 12.1 Å². The van der Waals surface area contributed by atoms with Gasteiger partial charge in [-0.1, -0.05) is 18.2 Å². The van der Waals surface area contributed by atoms with E-state index in [9.17, 15) is 18.0 Å². The van der Waals surface area contributed by atoms with Gasteiger partial charge in [0.05, 0.1) is 11.9 Å². The minimum Gasteiger partial charge on any atom is -0.480 e. The molecule has 4 rings (SSSR count). The Bertz CT molecular complexity index is 955. The Morgan fingerprint density at radius 1 is 1.11 bits per heavy atom. The molecule has 0 saturated heterocycles. The van der Waals surface area contributed by atoms with Gasteiger partial charge in [-0.3, -0.25) is 4.79 Å². The lowest BCUT2D eigenvalue weighted by Crippen LogP contribution is -2.31. The van der Waals surface area contributed by atoms with Crippen LogP contribution in [0.3, 0.4) is 0 Å². The van der Waals surface area contributed by atoms with Gasteiger partial charge in [-0.15, -0.1) is 0 Å². The van der Waals surface area contributed by atoms with Gasteiger partial charge in [0.1, 0.15) is 11.4 Å². The summed E-state index contributed by atoms with van der Waals surface area (Å²) in [5.74, 6) is 0.375. The van der Waals surface area contributed by atoms with Crippen LogP contribution in [0.1, 0.15) is 11.3 Å². The highest BCUT2D eigenvalue weighted by Crippen LogP contribution is 2.31. The van der Waals surface area contributed by atoms with Crippen molar-refractivity contribution in [1.82, 2.24) is 9.78 Å². The van der Waals surface area contributed by atoms with E-state index in [1.807, 2.05) is 18.2 Å². The molecule has 3 aromatic rings. The Hall–Kier alpha value is -3.29. The van der Waals surface area contributed by atoms with Crippen molar-refractivity contribution in [2.24, 2.45) is 0 Å². The monoisotopic (exact) mass is 373 g/mol. The smallest absolute Gasteiger partial charge is 0.433 e. The second-order valence-corrected chi connectivity index (χ2v) is 6.08. The molecule has 2 aromatic carbocycles. The second kappa shape index (κ2) is 6.46. The minimum absolute atomic E-state index is 0.245. The van der Waals surface area contributed by atoms with Crippen LogP contribution in [0, 0.1) is 0 Å². The Morgan fingerprint density at radius 3 is 2.56 bits per heavy atom. The van der Waals surface area contributed by atoms with Crippen molar-refractivity contribution in [3.63, 3.8) is 0 Å². The zero-order valence-corrected chi connectivity index (χ0v) is 13.9. The van der Waals surface area contributed by atoms with Crippen LogP contribution in [0.15, 0.2) is 60.8 Å². The summed E-state index contributed by atoms with van der Waals surface area (Å²) < 4.78 is 45.4. The highest BCUT2D eigenvalue weighted by molar-refractivity contribution is 5.95. The van der Waals surface area contributed by atoms with E-state index >= 15 is 0 Å². The second-order valence-electron chi connectivity index (χ2n) is 6.08. The molecule has 5 nitrogen and oxygen atoms in total. The average molecular weight is 373 g/mol. The summed E-state index contributed by atoms with van der Waals surface area (Å²) in [6.07, 6.45) is -3.57. The number of aromatic nitrogens is 2. The number of anilines is 1. The largest absolute Gasteiger partial charge is 0.480 e. The molecule has 1 N–H and O–H groups in total. The van der Waals surface area contributed by atoms with E-state index in [1.54, 1.807) is 6.07 Å². The zero-order valence-electron chi connectivity index (χ0n) is 13.9. The maximum Gasteiger partial charge on any atom is 0.433 e. The molecule has 0 radical (unpaired) electrons. The molecule has 1 amide bonds. The van der Waals surface area contributed by atoms with Crippen LogP contribution in [0.2, 0.25) is 0 Å². The maximum atomic E-state index is 13.0. The summed E-state index contributed by atoms with van der Waals surface area (Å²) >= 11 is 0. The van der Waals surface area contributed by atoms with Gasteiger partial charge in [-0.2, -0.15) is 18.3 Å². The molecule has 0 spiro atoms. The molecule has 2 heterocycles. The fourth-order valence-electron chi connectivity index (χ4n) is 2.96. The number of ether oxygens (including phenoxy) is 1. The van der Waals surface area contributed by atoms with Gasteiger partial charge in [0.2, 0.25) is 0 Å². The summed E-state index contributed by atoms with van der Waals surface area (Å²) in [5.41, 5.74) is 0.807. The van der Waals surface area contributed by atoms with Crippen molar-refractivity contribution >= 4 is 11.6 Å². The Labute approximate surface area is 152 Å². The van der Waals surface area contributed by atoms with E-state index in [2.05, 4.69) is 10.4 Å². The molecular weight excluding hydrogens is 359 g/mol. The molecule has 138 valence electrons. The molecule has 1 atom stereocenters. The van der Waals surface area contributed by atoms with Crippen LogP contribution in [-0.4, -0.2) is 21.8 Å². The highest BCUT2D eigenvalue weighted by atomic mass is 19.4. The van der Waals surface area contributed by atoms with Gasteiger partial charge in [-0.25, -0.2) is 4.68 Å². The summed E-state index contributed by atoms with van der Waals surface area (Å²) in [7, 11) is 0. The lowest BCUT2D eigenvalue weighted by molar-refractivity contribution is -0.142. The molecule has 0 bridgehead atoms. The molecule has 8 heteroatoms. The maximum absolute atomic E-state index is 13.0. The molecule has 1 aromatic heterocycles. The number of nitrogens with one attached hydrogen (secondary N) is 1. The molecule has 1 aliphatic heterocycles. The number of nitrogens with zero attached hydrogens (tertiary/aromatic N) is 2. The third-order valence-electron chi connectivity index (χ3n) is 4.25. The number of hydrogen-bond acceptors (Lipinski definition) is 3. The first-order chi connectivity index (χ1) is 12.9. The number of halogens is 3. The standard InChI is InChI=1S/C19H14F3N3O2/c20-19(21,22)17-9-10-23-25(17)14-7-5-13(6-8-14)24-18(26)16-11-12-3-1-2-4-15(12)27-16/h1-10,16H,11H2,(H,24,26). The van der Waals surface area contributed by atoms with Crippen LogP contribution in [-0.2, 0) is 17.4 Å². The van der Waals surface area contributed by atoms with Crippen LogP contribution in [0.5, 0.6) is 5.75 Å². The van der Waals surface area contributed by atoms with Crippen LogP contribution in [0.25, 0.3) is 5.69 Å². The van der Waals surface area contributed by atoms with Crippen molar-refractivity contribution in [2.45, 2.75) is 18.7 Å². The first-order valence-corrected chi connectivity index (χ1v) is 8.19. The SMILES string of the molecule is O=C(Nc1ccc(-n2nccc2C(F)(F)F)cc1)C1Cc2ccccc2O1. The van der Waals surface area contributed by atoms with Crippen molar-refractivity contribution in [1.29, 1.82) is 0 Å². The molecule has 1 aliphatic rings. The quantitative estimate of drug-likeness (QED) is 0.759.